The van der Waals surface area contributed by atoms with Gasteiger partial charge in [0.25, 0.3) is 5.69 Å². The molecule has 3 N–H and O–H groups in total. The molecule has 0 amide bonds. The van der Waals surface area contributed by atoms with Gasteiger partial charge in [-0.3, -0.25) is 19.7 Å². The van der Waals surface area contributed by atoms with Gasteiger partial charge in [0.15, 0.2) is 5.82 Å². The van der Waals surface area contributed by atoms with Gasteiger partial charge in [0.2, 0.25) is 0 Å². The number of rotatable bonds is 3. The molecule has 0 fully saturated rings. The van der Waals surface area contributed by atoms with E-state index in [1.54, 1.807) is 6.92 Å². The third-order valence-electron chi connectivity index (χ3n) is 3.30. The highest BCUT2D eigenvalue weighted by Gasteiger charge is 2.20. The molecular weight excluding hydrogens is 294 g/mol. The summed E-state index contributed by atoms with van der Waals surface area (Å²) in [6.45, 7) is 1.55. The number of tetrazole rings is 1. The van der Waals surface area contributed by atoms with Crippen LogP contribution in [0.5, 0.6) is 0 Å². The molecule has 1 aromatic carbocycles. The third-order valence-corrected chi connectivity index (χ3v) is 3.30. The Labute approximate surface area is 120 Å². The molecule has 3 aromatic rings. The Morgan fingerprint density at radius 1 is 1.27 bits per heavy atom. The first-order valence-corrected chi connectivity index (χ1v) is 6.13. The van der Waals surface area contributed by atoms with Crippen LogP contribution < -0.4 is 11.1 Å². The molecule has 0 aliphatic carbocycles. The van der Waals surface area contributed by atoms with Crippen LogP contribution >= 0.6 is 0 Å². The zero-order chi connectivity index (χ0) is 15.9. The molecule has 0 aliphatic heterocycles. The van der Waals surface area contributed by atoms with Gasteiger partial charge < -0.3 is 9.97 Å². The summed E-state index contributed by atoms with van der Waals surface area (Å²) < 4.78 is 0. The Kier molecular flexibility index (Phi) is 3.01. The Hall–Kier alpha value is -3.37. The lowest BCUT2D eigenvalue weighted by atomic mass is 10.0. The molecule has 112 valence electrons. The zero-order valence-electron chi connectivity index (χ0n) is 11.2. The van der Waals surface area contributed by atoms with Crippen molar-refractivity contribution >= 4 is 16.7 Å². The number of H-pyrrole nitrogens is 3. The van der Waals surface area contributed by atoms with Crippen LogP contribution in [0, 0.1) is 17.0 Å². The van der Waals surface area contributed by atoms with Gasteiger partial charge in [-0.2, -0.15) is 5.21 Å². The Morgan fingerprint density at radius 3 is 2.64 bits per heavy atom. The van der Waals surface area contributed by atoms with E-state index in [0.29, 0.717) is 22.5 Å². The van der Waals surface area contributed by atoms with Crippen molar-refractivity contribution in [2.45, 2.75) is 13.3 Å². The lowest BCUT2D eigenvalue weighted by molar-refractivity contribution is -0.385. The molecule has 3 rings (SSSR count). The van der Waals surface area contributed by atoms with Crippen LogP contribution in [0.1, 0.15) is 17.0 Å². The normalized spacial score (nSPS) is 11.0. The molecule has 22 heavy (non-hydrogen) atoms. The van der Waals surface area contributed by atoms with E-state index < -0.39 is 16.0 Å². The van der Waals surface area contributed by atoms with Crippen molar-refractivity contribution in [3.8, 4) is 0 Å². The van der Waals surface area contributed by atoms with Crippen LogP contribution in [0.4, 0.5) is 5.69 Å². The maximum absolute atomic E-state index is 11.5. The number of hydrogen-bond acceptors (Lipinski definition) is 7. The minimum atomic E-state index is -0.879. The highest BCUT2D eigenvalue weighted by Crippen LogP contribution is 2.28. The third kappa shape index (κ3) is 2.13. The Balaban J connectivity index is 2.37. The molecule has 0 unspecified atom stereocenters. The molecule has 0 saturated heterocycles. The van der Waals surface area contributed by atoms with Crippen molar-refractivity contribution in [3.05, 3.63) is 53.8 Å². The number of benzene rings is 1. The van der Waals surface area contributed by atoms with Gasteiger partial charge in [0.1, 0.15) is 0 Å². The molecule has 2 heterocycles. The fraction of sp³-hybridized carbons (Fsp3) is 0.182. The summed E-state index contributed by atoms with van der Waals surface area (Å²) in [6, 6.07) is 1.21. The van der Waals surface area contributed by atoms with E-state index >= 15 is 0 Å². The summed E-state index contributed by atoms with van der Waals surface area (Å²) in [5.74, 6) is 0.303. The largest absolute Gasteiger partial charge is 0.316 e. The maximum atomic E-state index is 11.5. The van der Waals surface area contributed by atoms with Crippen LogP contribution in [0.25, 0.3) is 11.0 Å². The van der Waals surface area contributed by atoms with E-state index in [1.807, 2.05) is 0 Å². The summed E-state index contributed by atoms with van der Waals surface area (Å²) in [6.07, 6.45) is 0.114. The van der Waals surface area contributed by atoms with Gasteiger partial charge >= 0.3 is 11.1 Å². The van der Waals surface area contributed by atoms with Gasteiger partial charge in [0.05, 0.1) is 16.0 Å². The summed E-state index contributed by atoms with van der Waals surface area (Å²) >= 11 is 0. The van der Waals surface area contributed by atoms with Crippen molar-refractivity contribution in [1.82, 2.24) is 30.6 Å². The van der Waals surface area contributed by atoms with Gasteiger partial charge in [0, 0.05) is 18.1 Å². The Morgan fingerprint density at radius 2 is 2.00 bits per heavy atom. The number of aromatic nitrogens is 6. The first-order chi connectivity index (χ1) is 10.5. The minimum absolute atomic E-state index is 0.114. The molecule has 2 aromatic heterocycles. The van der Waals surface area contributed by atoms with Crippen molar-refractivity contribution in [3.63, 3.8) is 0 Å². The van der Waals surface area contributed by atoms with Crippen molar-refractivity contribution in [1.29, 1.82) is 0 Å². The lowest BCUT2D eigenvalue weighted by Gasteiger charge is -2.08. The van der Waals surface area contributed by atoms with Gasteiger partial charge in [-0.25, -0.2) is 0 Å². The molecule has 0 atom stereocenters. The van der Waals surface area contributed by atoms with E-state index in [1.165, 1.54) is 6.07 Å². The van der Waals surface area contributed by atoms with Crippen molar-refractivity contribution in [2.75, 3.05) is 0 Å². The number of hydrogen-bond donors (Lipinski definition) is 3. The van der Waals surface area contributed by atoms with Crippen molar-refractivity contribution in [2.24, 2.45) is 0 Å². The smallest absolute Gasteiger partial charge is 0.314 e. The fourth-order valence-electron chi connectivity index (χ4n) is 2.24. The molecule has 0 radical (unpaired) electrons. The number of nitro groups is 1. The van der Waals surface area contributed by atoms with Crippen LogP contribution in [0.15, 0.2) is 15.7 Å². The SMILES string of the molecule is Cc1c([N+](=O)[O-])cc2[nH]c(=O)c(=O)[nH]c2c1Cc1nn[nH]n1. The number of nitro benzene ring substituents is 1. The average Bonchev–Trinajstić information content (AvgIpc) is 2.96. The monoisotopic (exact) mass is 303 g/mol. The predicted molar refractivity (Wildman–Crippen MR) is 73.6 cm³/mol. The molecule has 11 heteroatoms. The van der Waals surface area contributed by atoms with Crippen molar-refractivity contribution < 1.29 is 4.92 Å². The van der Waals surface area contributed by atoms with E-state index in [-0.39, 0.29) is 17.6 Å². The fourth-order valence-corrected chi connectivity index (χ4v) is 2.24. The van der Waals surface area contributed by atoms with Crippen LogP contribution in [0.2, 0.25) is 0 Å². The average molecular weight is 303 g/mol. The van der Waals surface area contributed by atoms with E-state index in [9.17, 15) is 19.7 Å². The highest BCUT2D eigenvalue weighted by atomic mass is 16.6. The molecular formula is C11H9N7O4. The number of aromatic amines is 3. The summed E-state index contributed by atoms with van der Waals surface area (Å²) in [4.78, 5) is 38.3. The van der Waals surface area contributed by atoms with Gasteiger partial charge in [-0.05, 0) is 12.5 Å². The molecule has 0 bridgehead atoms. The van der Waals surface area contributed by atoms with E-state index in [0.717, 1.165) is 0 Å². The maximum Gasteiger partial charge on any atom is 0.314 e. The van der Waals surface area contributed by atoms with Gasteiger partial charge in [-0.1, -0.05) is 5.21 Å². The summed E-state index contributed by atoms with van der Waals surface area (Å²) in [5.41, 5.74) is -0.623. The predicted octanol–water partition coefficient (Wildman–Crippen LogP) is -0.463. The molecule has 0 aliphatic rings. The molecule has 0 saturated carbocycles. The summed E-state index contributed by atoms with van der Waals surface area (Å²) in [5, 5.41) is 24.4. The quantitative estimate of drug-likeness (QED) is 0.334. The molecule has 11 nitrogen and oxygen atoms in total. The van der Waals surface area contributed by atoms with Crippen LogP contribution in [-0.4, -0.2) is 35.5 Å². The van der Waals surface area contributed by atoms with Crippen LogP contribution in [0.3, 0.4) is 0 Å². The van der Waals surface area contributed by atoms with Gasteiger partial charge in [-0.15, -0.1) is 10.2 Å². The number of nitrogens with one attached hydrogen (secondary N) is 3. The number of nitrogens with zero attached hydrogens (tertiary/aromatic N) is 4. The van der Waals surface area contributed by atoms with E-state index in [2.05, 4.69) is 30.6 Å². The minimum Gasteiger partial charge on any atom is -0.316 e. The first kappa shape index (κ1) is 13.6. The molecule has 0 spiro atoms. The first-order valence-electron chi connectivity index (χ1n) is 6.13. The standard InChI is InChI=1S/C11H9N7O4/c1-4-5(2-8-14-16-17-15-8)9-6(3-7(4)18(21)22)12-10(19)11(20)13-9/h3H,2H2,1H3,(H,12,19)(H,13,20)(H,14,15,16,17). The topological polar surface area (TPSA) is 163 Å². The number of fused-ring (bicyclic) bond motifs is 1. The zero-order valence-corrected chi connectivity index (χ0v) is 11.2. The second-order valence-electron chi connectivity index (χ2n) is 4.59. The second kappa shape index (κ2) is 4.87. The van der Waals surface area contributed by atoms with Crippen LogP contribution in [-0.2, 0) is 6.42 Å². The highest BCUT2D eigenvalue weighted by molar-refractivity contribution is 5.83. The second-order valence-corrected chi connectivity index (χ2v) is 4.59. The summed E-state index contributed by atoms with van der Waals surface area (Å²) in [7, 11) is 0. The van der Waals surface area contributed by atoms with E-state index in [4.69, 9.17) is 0 Å². The Bertz CT molecular complexity index is 986. The lowest BCUT2D eigenvalue weighted by Crippen LogP contribution is -2.29.